The summed E-state index contributed by atoms with van der Waals surface area (Å²) in [6.07, 6.45) is 0.686. The van der Waals surface area contributed by atoms with Gasteiger partial charge in [0, 0.05) is 19.4 Å². The third-order valence-corrected chi connectivity index (χ3v) is 3.10. The van der Waals surface area contributed by atoms with Crippen LogP contribution < -0.4 is 0 Å². The van der Waals surface area contributed by atoms with Crippen molar-refractivity contribution < 1.29 is 19.1 Å². The van der Waals surface area contributed by atoms with Crippen molar-refractivity contribution in [2.45, 2.75) is 44.8 Å². The van der Waals surface area contributed by atoms with E-state index in [1.54, 1.807) is 4.90 Å². The number of hydrogen-bond donors (Lipinski definition) is 0. The largest absolute Gasteiger partial charge is 0.444 e. The maximum absolute atomic E-state index is 11.8. The average Bonchev–Trinajstić information content (AvgIpc) is 2.74. The van der Waals surface area contributed by atoms with E-state index >= 15 is 0 Å². The SMILES string of the molecule is CC(C)(C)OC(=O)N1CC[C@@]2(C1)OCCC2=O. The highest BCUT2D eigenvalue weighted by Crippen LogP contribution is 2.32. The fraction of sp³-hybridized carbons (Fsp3) is 0.833. The zero-order valence-electron chi connectivity index (χ0n) is 10.6. The maximum Gasteiger partial charge on any atom is 0.410 e. The van der Waals surface area contributed by atoms with Crippen molar-refractivity contribution in [3.8, 4) is 0 Å². The zero-order chi connectivity index (χ0) is 12.7. The molecule has 0 aromatic rings. The number of Topliss-reactive ketones (excluding diaryl/α,β-unsaturated/α-hetero) is 1. The minimum absolute atomic E-state index is 0.114. The molecule has 2 rings (SSSR count). The fourth-order valence-electron chi connectivity index (χ4n) is 2.26. The lowest BCUT2D eigenvalue weighted by Crippen LogP contribution is -2.42. The first-order chi connectivity index (χ1) is 7.82. The van der Waals surface area contributed by atoms with E-state index < -0.39 is 11.2 Å². The molecule has 0 saturated carbocycles. The van der Waals surface area contributed by atoms with E-state index in [-0.39, 0.29) is 11.9 Å². The Balaban J connectivity index is 1.98. The van der Waals surface area contributed by atoms with Gasteiger partial charge in [0.1, 0.15) is 11.2 Å². The van der Waals surface area contributed by atoms with E-state index in [2.05, 4.69) is 0 Å². The molecule has 5 heteroatoms. The second-order valence-electron chi connectivity index (χ2n) is 5.67. The molecule has 1 atom stereocenters. The van der Waals surface area contributed by atoms with E-state index in [4.69, 9.17) is 9.47 Å². The van der Waals surface area contributed by atoms with Gasteiger partial charge in [-0.3, -0.25) is 4.79 Å². The predicted molar refractivity (Wildman–Crippen MR) is 60.7 cm³/mol. The van der Waals surface area contributed by atoms with Crippen molar-refractivity contribution in [1.82, 2.24) is 4.90 Å². The number of ketones is 1. The first kappa shape index (κ1) is 12.4. The number of nitrogens with zero attached hydrogens (tertiary/aromatic N) is 1. The predicted octanol–water partition coefficient (Wildman–Crippen LogP) is 1.36. The van der Waals surface area contributed by atoms with Crippen LogP contribution in [0.1, 0.15) is 33.6 Å². The van der Waals surface area contributed by atoms with Gasteiger partial charge in [0.2, 0.25) is 0 Å². The number of rotatable bonds is 0. The summed E-state index contributed by atoms with van der Waals surface area (Å²) < 4.78 is 10.8. The summed E-state index contributed by atoms with van der Waals surface area (Å²) in [5.74, 6) is 0.114. The van der Waals surface area contributed by atoms with Crippen LogP contribution in [0.15, 0.2) is 0 Å². The molecule has 5 nitrogen and oxygen atoms in total. The second-order valence-corrected chi connectivity index (χ2v) is 5.67. The van der Waals surface area contributed by atoms with Gasteiger partial charge in [-0.15, -0.1) is 0 Å². The Bertz CT molecular complexity index is 347. The van der Waals surface area contributed by atoms with E-state index in [1.807, 2.05) is 20.8 Å². The molecule has 2 heterocycles. The summed E-state index contributed by atoms with van der Waals surface area (Å²) >= 11 is 0. The van der Waals surface area contributed by atoms with Gasteiger partial charge in [-0.2, -0.15) is 0 Å². The Morgan fingerprint density at radius 2 is 2.18 bits per heavy atom. The average molecular weight is 241 g/mol. The molecule has 0 aliphatic carbocycles. The van der Waals surface area contributed by atoms with E-state index in [1.165, 1.54) is 0 Å². The molecule has 2 aliphatic heterocycles. The summed E-state index contributed by atoms with van der Waals surface area (Å²) in [7, 11) is 0. The molecule has 1 spiro atoms. The van der Waals surface area contributed by atoms with Gasteiger partial charge >= 0.3 is 6.09 Å². The third-order valence-electron chi connectivity index (χ3n) is 3.10. The van der Waals surface area contributed by atoms with Crippen molar-refractivity contribution in [2.75, 3.05) is 19.7 Å². The smallest absolute Gasteiger partial charge is 0.410 e. The molecule has 96 valence electrons. The topological polar surface area (TPSA) is 55.8 Å². The Hall–Kier alpha value is -1.10. The molecule has 0 radical (unpaired) electrons. The minimum Gasteiger partial charge on any atom is -0.444 e. The van der Waals surface area contributed by atoms with Crippen LogP contribution in [-0.2, 0) is 14.3 Å². The van der Waals surface area contributed by atoms with Gasteiger partial charge < -0.3 is 14.4 Å². The van der Waals surface area contributed by atoms with Gasteiger partial charge in [-0.1, -0.05) is 0 Å². The number of hydrogen-bond acceptors (Lipinski definition) is 4. The van der Waals surface area contributed by atoms with Gasteiger partial charge in [-0.25, -0.2) is 4.79 Å². The molecular formula is C12H19NO4. The molecule has 0 aromatic carbocycles. The summed E-state index contributed by atoms with van der Waals surface area (Å²) in [6, 6.07) is 0. The first-order valence-corrected chi connectivity index (χ1v) is 5.98. The van der Waals surface area contributed by atoms with Crippen LogP contribution in [0.5, 0.6) is 0 Å². The number of ether oxygens (including phenoxy) is 2. The molecule has 0 unspecified atom stereocenters. The maximum atomic E-state index is 11.8. The van der Waals surface area contributed by atoms with Gasteiger partial charge in [0.25, 0.3) is 0 Å². The lowest BCUT2D eigenvalue weighted by Gasteiger charge is -2.25. The number of likely N-dealkylation sites (tertiary alicyclic amines) is 1. The second kappa shape index (κ2) is 3.98. The number of amides is 1. The summed E-state index contributed by atoms with van der Waals surface area (Å²) in [6.45, 7) is 6.82. The summed E-state index contributed by atoms with van der Waals surface area (Å²) in [5.41, 5.74) is -1.25. The normalized spacial score (nSPS) is 29.1. The molecule has 0 bridgehead atoms. The van der Waals surface area contributed by atoms with Crippen LogP contribution in [0.25, 0.3) is 0 Å². The van der Waals surface area contributed by atoms with E-state index in [9.17, 15) is 9.59 Å². The molecule has 0 aromatic heterocycles. The number of carbonyl (C=O) groups is 2. The summed E-state index contributed by atoms with van der Waals surface area (Å²) in [5, 5.41) is 0. The lowest BCUT2D eigenvalue weighted by atomic mass is 9.98. The Morgan fingerprint density at radius 1 is 1.47 bits per heavy atom. The highest BCUT2D eigenvalue weighted by atomic mass is 16.6. The highest BCUT2D eigenvalue weighted by Gasteiger charge is 2.50. The molecular weight excluding hydrogens is 222 g/mol. The first-order valence-electron chi connectivity index (χ1n) is 5.98. The minimum atomic E-state index is -0.739. The van der Waals surface area contributed by atoms with Crippen LogP contribution in [0.4, 0.5) is 4.79 Å². The van der Waals surface area contributed by atoms with Crippen molar-refractivity contribution >= 4 is 11.9 Å². The van der Waals surface area contributed by atoms with E-state index in [0.717, 1.165) is 0 Å². The molecule has 2 aliphatic rings. The van der Waals surface area contributed by atoms with Crippen LogP contribution in [0.3, 0.4) is 0 Å². The van der Waals surface area contributed by atoms with Crippen LogP contribution in [-0.4, -0.2) is 47.7 Å². The third kappa shape index (κ3) is 2.44. The van der Waals surface area contributed by atoms with Crippen LogP contribution in [0, 0.1) is 0 Å². The quantitative estimate of drug-likeness (QED) is 0.642. The zero-order valence-corrected chi connectivity index (χ0v) is 10.6. The molecule has 2 fully saturated rings. The Labute approximate surface area is 101 Å². The van der Waals surface area contributed by atoms with E-state index in [0.29, 0.717) is 32.5 Å². The lowest BCUT2D eigenvalue weighted by molar-refractivity contribution is -0.130. The van der Waals surface area contributed by atoms with Crippen molar-refractivity contribution in [3.05, 3.63) is 0 Å². The highest BCUT2D eigenvalue weighted by molar-refractivity contribution is 5.90. The van der Waals surface area contributed by atoms with Crippen molar-refractivity contribution in [2.24, 2.45) is 0 Å². The molecule has 0 N–H and O–H groups in total. The van der Waals surface area contributed by atoms with Crippen molar-refractivity contribution in [3.63, 3.8) is 0 Å². The Kier molecular flexibility index (Phi) is 2.89. The van der Waals surface area contributed by atoms with Gasteiger partial charge in [0.15, 0.2) is 5.78 Å². The molecule has 17 heavy (non-hydrogen) atoms. The monoisotopic (exact) mass is 241 g/mol. The molecule has 1 amide bonds. The fourth-order valence-corrected chi connectivity index (χ4v) is 2.26. The van der Waals surface area contributed by atoms with Gasteiger partial charge in [0.05, 0.1) is 13.2 Å². The van der Waals surface area contributed by atoms with Crippen LogP contribution >= 0.6 is 0 Å². The summed E-state index contributed by atoms with van der Waals surface area (Å²) in [4.78, 5) is 25.2. The standard InChI is InChI=1S/C12H19NO4/c1-11(2,3)17-10(15)13-6-5-12(8-13)9(14)4-7-16-12/h4-8H2,1-3H3/t12-/m0/s1. The molecule has 2 saturated heterocycles. The van der Waals surface area contributed by atoms with Gasteiger partial charge in [-0.05, 0) is 20.8 Å². The van der Waals surface area contributed by atoms with Crippen molar-refractivity contribution in [1.29, 1.82) is 0 Å². The number of carbonyl (C=O) groups excluding carboxylic acids is 2. The van der Waals surface area contributed by atoms with Crippen LogP contribution in [0.2, 0.25) is 0 Å². The Morgan fingerprint density at radius 3 is 2.71 bits per heavy atom.